The second kappa shape index (κ2) is 8.66. The summed E-state index contributed by atoms with van der Waals surface area (Å²) in [4.78, 5) is 12.3. The van der Waals surface area contributed by atoms with E-state index in [2.05, 4.69) is 40.1 Å². The molecule has 0 unspecified atom stereocenters. The highest BCUT2D eigenvalue weighted by atomic mass is 127. The zero-order valence-electron chi connectivity index (χ0n) is 13.9. The number of ether oxygens (including phenoxy) is 2. The van der Waals surface area contributed by atoms with Gasteiger partial charge >= 0.3 is 5.97 Å². The molecular weight excluding hydrogens is 439 g/mol. The maximum atomic E-state index is 12.3. The van der Waals surface area contributed by atoms with E-state index in [0.29, 0.717) is 23.0 Å². The molecular formula is C17H21IN2O3S. The van der Waals surface area contributed by atoms with Gasteiger partial charge in [0.05, 0.1) is 25.3 Å². The molecule has 2 rings (SSSR count). The van der Waals surface area contributed by atoms with E-state index in [0.717, 1.165) is 27.7 Å². The Morgan fingerprint density at radius 2 is 2.17 bits per heavy atom. The Labute approximate surface area is 161 Å². The van der Waals surface area contributed by atoms with Crippen LogP contribution in [0.1, 0.15) is 38.3 Å². The first-order valence-electron chi connectivity index (χ1n) is 7.76. The van der Waals surface area contributed by atoms with Crippen molar-refractivity contribution in [3.63, 3.8) is 0 Å². The van der Waals surface area contributed by atoms with E-state index in [1.807, 2.05) is 25.1 Å². The highest BCUT2D eigenvalue weighted by Gasteiger charge is 2.32. The largest absolute Gasteiger partial charge is 0.493 e. The van der Waals surface area contributed by atoms with Gasteiger partial charge in [-0.2, -0.15) is 0 Å². The Balaban J connectivity index is 2.46. The first-order chi connectivity index (χ1) is 11.5. The van der Waals surface area contributed by atoms with Crippen molar-refractivity contribution in [3.05, 3.63) is 38.6 Å². The standard InChI is InChI=1S/C17H21IN2O3S/c1-4-5-8-23-13-7-6-11(18)9-12(13)15-14(16(21)22-3)10(2)19-17(24)20-15/h6-7,9,15H,4-5,8H2,1-3H3,(H2,19,20,24)/t15-/m0/s1. The summed E-state index contributed by atoms with van der Waals surface area (Å²) in [6, 6.07) is 5.52. The van der Waals surface area contributed by atoms with Crippen LogP contribution in [0.4, 0.5) is 0 Å². The van der Waals surface area contributed by atoms with Gasteiger partial charge in [0, 0.05) is 14.8 Å². The van der Waals surface area contributed by atoms with Crippen LogP contribution in [-0.2, 0) is 9.53 Å². The summed E-state index contributed by atoms with van der Waals surface area (Å²) in [5, 5.41) is 6.63. The van der Waals surface area contributed by atoms with Crippen LogP contribution in [0.15, 0.2) is 29.5 Å². The highest BCUT2D eigenvalue weighted by Crippen LogP contribution is 2.34. The monoisotopic (exact) mass is 460 g/mol. The predicted octanol–water partition coefficient (Wildman–Crippen LogP) is 3.44. The topological polar surface area (TPSA) is 59.6 Å². The van der Waals surface area contributed by atoms with Gasteiger partial charge in [-0.05, 0) is 66.4 Å². The normalized spacial score (nSPS) is 17.2. The molecule has 5 nitrogen and oxygen atoms in total. The van der Waals surface area contributed by atoms with E-state index in [1.54, 1.807) is 0 Å². The summed E-state index contributed by atoms with van der Waals surface area (Å²) >= 11 is 7.51. The Morgan fingerprint density at radius 3 is 2.83 bits per heavy atom. The third-order valence-corrected chi connectivity index (χ3v) is 4.60. The quantitative estimate of drug-likeness (QED) is 0.294. The number of allylic oxidation sites excluding steroid dienone is 1. The second-order valence-corrected chi connectivity index (χ2v) is 7.10. The SMILES string of the molecule is CCCCOc1ccc(I)cc1[C@@H]1NC(=S)NC(C)=C1C(=O)OC. The molecule has 2 N–H and O–H groups in total. The number of esters is 1. The number of carbonyl (C=O) groups excluding carboxylic acids is 1. The maximum Gasteiger partial charge on any atom is 0.337 e. The molecule has 7 heteroatoms. The third kappa shape index (κ3) is 4.38. The van der Waals surface area contributed by atoms with Crippen molar-refractivity contribution in [1.82, 2.24) is 10.6 Å². The van der Waals surface area contributed by atoms with Crippen molar-refractivity contribution in [3.8, 4) is 5.75 Å². The number of methoxy groups -OCH3 is 1. The lowest BCUT2D eigenvalue weighted by atomic mass is 9.95. The minimum Gasteiger partial charge on any atom is -0.493 e. The van der Waals surface area contributed by atoms with Gasteiger partial charge in [-0.1, -0.05) is 13.3 Å². The van der Waals surface area contributed by atoms with E-state index in [1.165, 1.54) is 7.11 Å². The average Bonchev–Trinajstić information content (AvgIpc) is 2.55. The molecule has 0 amide bonds. The fourth-order valence-electron chi connectivity index (χ4n) is 2.51. The number of nitrogens with one attached hydrogen (secondary N) is 2. The summed E-state index contributed by atoms with van der Waals surface area (Å²) < 4.78 is 11.9. The smallest absolute Gasteiger partial charge is 0.337 e. The molecule has 0 aromatic heterocycles. The second-order valence-electron chi connectivity index (χ2n) is 5.45. The molecule has 1 aliphatic rings. The fourth-order valence-corrected chi connectivity index (χ4v) is 3.30. The number of halogens is 1. The van der Waals surface area contributed by atoms with Crippen LogP contribution in [0.2, 0.25) is 0 Å². The number of carbonyl (C=O) groups is 1. The Bertz CT molecular complexity index is 676. The average molecular weight is 460 g/mol. The molecule has 1 atom stereocenters. The molecule has 0 bridgehead atoms. The van der Waals surface area contributed by atoms with Crippen molar-refractivity contribution < 1.29 is 14.3 Å². The number of thiocarbonyl (C=S) groups is 1. The van der Waals surface area contributed by atoms with Crippen molar-refractivity contribution in [2.24, 2.45) is 0 Å². The highest BCUT2D eigenvalue weighted by molar-refractivity contribution is 14.1. The Kier molecular flexibility index (Phi) is 6.85. The number of benzene rings is 1. The van der Waals surface area contributed by atoms with E-state index < -0.39 is 12.0 Å². The first-order valence-corrected chi connectivity index (χ1v) is 9.25. The minimum atomic E-state index is -0.405. The summed E-state index contributed by atoms with van der Waals surface area (Å²) in [5.41, 5.74) is 2.07. The zero-order chi connectivity index (χ0) is 17.7. The van der Waals surface area contributed by atoms with Gasteiger partial charge in [-0.25, -0.2) is 4.79 Å². The van der Waals surface area contributed by atoms with Crippen molar-refractivity contribution in [2.45, 2.75) is 32.7 Å². The van der Waals surface area contributed by atoms with Gasteiger partial charge in [-0.15, -0.1) is 0 Å². The lowest BCUT2D eigenvalue weighted by Gasteiger charge is -2.30. The lowest BCUT2D eigenvalue weighted by Crippen LogP contribution is -2.45. The zero-order valence-corrected chi connectivity index (χ0v) is 16.9. The maximum absolute atomic E-state index is 12.3. The number of hydrogen-bond acceptors (Lipinski definition) is 4. The van der Waals surface area contributed by atoms with Crippen LogP contribution in [0, 0.1) is 3.57 Å². The van der Waals surface area contributed by atoms with E-state index in [9.17, 15) is 4.79 Å². The van der Waals surface area contributed by atoms with Crippen molar-refractivity contribution in [2.75, 3.05) is 13.7 Å². The molecule has 0 radical (unpaired) electrons. The van der Waals surface area contributed by atoms with Gasteiger partial charge in [0.1, 0.15) is 5.75 Å². The van der Waals surface area contributed by atoms with Crippen molar-refractivity contribution >= 4 is 45.9 Å². The summed E-state index contributed by atoms with van der Waals surface area (Å²) in [6.45, 7) is 4.57. The summed E-state index contributed by atoms with van der Waals surface area (Å²) in [7, 11) is 1.38. The van der Waals surface area contributed by atoms with Crippen LogP contribution < -0.4 is 15.4 Å². The van der Waals surface area contributed by atoms with E-state index in [4.69, 9.17) is 21.7 Å². The fraction of sp³-hybridized carbons (Fsp3) is 0.412. The first kappa shape index (κ1) is 19.0. The number of rotatable bonds is 6. The van der Waals surface area contributed by atoms with Crippen LogP contribution in [0.5, 0.6) is 5.75 Å². The van der Waals surface area contributed by atoms with Crippen LogP contribution >= 0.6 is 34.8 Å². The Hall–Kier alpha value is -1.35. The van der Waals surface area contributed by atoms with E-state index in [-0.39, 0.29) is 0 Å². The minimum absolute atomic E-state index is 0.390. The molecule has 0 spiro atoms. The molecule has 130 valence electrons. The number of hydrogen-bond donors (Lipinski definition) is 2. The molecule has 1 aliphatic heterocycles. The van der Waals surface area contributed by atoms with Gasteiger partial charge in [0.2, 0.25) is 0 Å². The molecule has 0 fully saturated rings. The van der Waals surface area contributed by atoms with Crippen LogP contribution in [-0.4, -0.2) is 24.8 Å². The molecule has 24 heavy (non-hydrogen) atoms. The summed E-state index contributed by atoms with van der Waals surface area (Å²) in [6.07, 6.45) is 2.03. The molecule has 1 heterocycles. The predicted molar refractivity (Wildman–Crippen MR) is 106 cm³/mol. The molecule has 1 aromatic carbocycles. The Morgan fingerprint density at radius 1 is 1.42 bits per heavy atom. The molecule has 1 aromatic rings. The molecule has 0 saturated carbocycles. The van der Waals surface area contributed by atoms with Gasteiger partial charge < -0.3 is 20.1 Å². The number of unbranched alkanes of at least 4 members (excludes halogenated alkanes) is 1. The van der Waals surface area contributed by atoms with Gasteiger partial charge in [0.15, 0.2) is 5.11 Å². The van der Waals surface area contributed by atoms with Crippen LogP contribution in [0.25, 0.3) is 0 Å². The van der Waals surface area contributed by atoms with Crippen molar-refractivity contribution in [1.29, 1.82) is 0 Å². The molecule has 0 saturated heterocycles. The van der Waals surface area contributed by atoms with Gasteiger partial charge in [-0.3, -0.25) is 0 Å². The summed E-state index contributed by atoms with van der Waals surface area (Å²) in [5.74, 6) is 0.360. The lowest BCUT2D eigenvalue weighted by molar-refractivity contribution is -0.136. The third-order valence-electron chi connectivity index (χ3n) is 3.71. The van der Waals surface area contributed by atoms with Crippen LogP contribution in [0.3, 0.4) is 0 Å². The van der Waals surface area contributed by atoms with E-state index >= 15 is 0 Å². The van der Waals surface area contributed by atoms with Gasteiger partial charge in [0.25, 0.3) is 0 Å². The molecule has 0 aliphatic carbocycles.